The van der Waals surface area contributed by atoms with Gasteiger partial charge in [0.1, 0.15) is 0 Å². The Balaban J connectivity index is 1.77. The summed E-state index contributed by atoms with van der Waals surface area (Å²) in [5.41, 5.74) is 3.67. The topological polar surface area (TPSA) is 86.1 Å². The summed E-state index contributed by atoms with van der Waals surface area (Å²) in [7, 11) is 0. The number of hydrogen-bond acceptors (Lipinski definition) is 6. The highest BCUT2D eigenvalue weighted by Gasteiger charge is 2.43. The van der Waals surface area contributed by atoms with Gasteiger partial charge in [0, 0.05) is 60.6 Å². The van der Waals surface area contributed by atoms with Crippen molar-refractivity contribution in [2.45, 2.75) is 58.9 Å². The van der Waals surface area contributed by atoms with Crippen LogP contribution in [0.2, 0.25) is 0 Å². The number of aromatic nitrogens is 3. The quantitative estimate of drug-likeness (QED) is 0.665. The molecule has 2 aliphatic rings. The zero-order valence-electron chi connectivity index (χ0n) is 18.9. The molecule has 4 rings (SSSR count). The number of nitrogens with one attached hydrogen (secondary N) is 1. The summed E-state index contributed by atoms with van der Waals surface area (Å²) in [6.07, 6.45) is 11.6. The average Bonchev–Trinajstić information content (AvgIpc) is 3.26. The van der Waals surface area contributed by atoms with Crippen LogP contribution in [0.5, 0.6) is 0 Å². The van der Waals surface area contributed by atoms with E-state index >= 15 is 0 Å². The molecule has 1 atom stereocenters. The van der Waals surface area contributed by atoms with Gasteiger partial charge in [0.15, 0.2) is 5.78 Å². The van der Waals surface area contributed by atoms with Crippen molar-refractivity contribution in [2.24, 2.45) is 5.41 Å². The van der Waals surface area contributed by atoms with Crippen LogP contribution < -0.4 is 5.32 Å². The van der Waals surface area contributed by atoms with Crippen LogP contribution in [0, 0.1) is 5.41 Å². The Hall–Kier alpha value is -3.22. The van der Waals surface area contributed by atoms with Gasteiger partial charge >= 0.3 is 5.97 Å². The van der Waals surface area contributed by atoms with Gasteiger partial charge in [0.05, 0.1) is 18.5 Å². The third-order valence-electron chi connectivity index (χ3n) is 6.04. The number of ether oxygens (including phenoxy) is 1. The highest BCUT2D eigenvalue weighted by atomic mass is 16.5. The molecule has 168 valence electrons. The van der Waals surface area contributed by atoms with E-state index in [2.05, 4.69) is 29.1 Å². The first-order chi connectivity index (χ1) is 15.4. The van der Waals surface area contributed by atoms with Gasteiger partial charge < -0.3 is 14.6 Å². The number of carbonyl (C=O) groups excluding carboxylic acids is 2. The summed E-state index contributed by atoms with van der Waals surface area (Å²) in [4.78, 5) is 34.9. The van der Waals surface area contributed by atoms with E-state index < -0.39 is 5.92 Å². The smallest absolute Gasteiger partial charge is 0.336 e. The zero-order chi connectivity index (χ0) is 22.7. The lowest BCUT2D eigenvalue weighted by molar-refractivity contribution is -0.138. The van der Waals surface area contributed by atoms with Gasteiger partial charge in [-0.05, 0) is 43.2 Å². The van der Waals surface area contributed by atoms with Crippen LogP contribution >= 0.6 is 0 Å². The molecule has 3 heterocycles. The van der Waals surface area contributed by atoms with Gasteiger partial charge in [0.2, 0.25) is 0 Å². The molecule has 0 aromatic carbocycles. The second kappa shape index (κ2) is 9.10. The Morgan fingerprint density at radius 1 is 1.28 bits per heavy atom. The molecule has 7 heteroatoms. The molecule has 1 aliphatic heterocycles. The number of allylic oxidation sites excluding steroid dienone is 3. The number of Topliss-reactive ketones (excluding diaryl/α,β-unsaturated/α-hetero) is 1. The van der Waals surface area contributed by atoms with Gasteiger partial charge in [0.25, 0.3) is 0 Å². The molecule has 0 spiro atoms. The molecule has 2 aromatic rings. The predicted molar refractivity (Wildman–Crippen MR) is 120 cm³/mol. The van der Waals surface area contributed by atoms with E-state index in [4.69, 9.17) is 4.74 Å². The highest BCUT2D eigenvalue weighted by molar-refractivity contribution is 6.04. The Morgan fingerprint density at radius 3 is 2.81 bits per heavy atom. The first kappa shape index (κ1) is 22.0. The number of carbonyl (C=O) groups is 2. The molecule has 0 fully saturated rings. The maximum absolute atomic E-state index is 13.3. The van der Waals surface area contributed by atoms with Crippen molar-refractivity contribution in [1.29, 1.82) is 0 Å². The average molecular weight is 435 g/mol. The van der Waals surface area contributed by atoms with Crippen molar-refractivity contribution >= 4 is 11.8 Å². The maximum atomic E-state index is 13.3. The number of hydrogen-bond donors (Lipinski definition) is 1. The second-order valence-corrected chi connectivity index (χ2v) is 9.19. The molecule has 0 radical (unpaired) electrons. The zero-order valence-corrected chi connectivity index (χ0v) is 18.9. The van der Waals surface area contributed by atoms with Crippen molar-refractivity contribution < 1.29 is 14.3 Å². The summed E-state index contributed by atoms with van der Waals surface area (Å²) in [6.45, 7) is 7.08. The molecule has 0 saturated heterocycles. The van der Waals surface area contributed by atoms with Gasteiger partial charge in [-0.15, -0.1) is 0 Å². The molecule has 1 N–H and O–H groups in total. The highest BCUT2D eigenvalue weighted by Crippen LogP contribution is 2.47. The van der Waals surface area contributed by atoms with E-state index in [1.54, 1.807) is 31.8 Å². The monoisotopic (exact) mass is 434 g/mol. The Morgan fingerprint density at radius 2 is 2.12 bits per heavy atom. The molecule has 0 saturated carbocycles. The van der Waals surface area contributed by atoms with E-state index in [9.17, 15) is 9.59 Å². The number of esters is 1. The van der Waals surface area contributed by atoms with Crippen LogP contribution in [-0.2, 0) is 20.9 Å². The lowest BCUT2D eigenvalue weighted by atomic mass is 9.68. The lowest BCUT2D eigenvalue weighted by Crippen LogP contribution is -2.39. The fourth-order valence-corrected chi connectivity index (χ4v) is 4.73. The predicted octanol–water partition coefficient (Wildman–Crippen LogP) is 3.91. The van der Waals surface area contributed by atoms with Crippen LogP contribution in [0.15, 0.2) is 65.8 Å². The number of ketones is 1. The molecule has 7 nitrogen and oxygen atoms in total. The van der Waals surface area contributed by atoms with E-state index in [1.165, 1.54) is 0 Å². The minimum atomic E-state index is -0.467. The van der Waals surface area contributed by atoms with E-state index in [0.717, 1.165) is 36.3 Å². The van der Waals surface area contributed by atoms with E-state index in [-0.39, 0.29) is 23.8 Å². The number of aryl methyl sites for hydroxylation is 1. The fraction of sp³-hybridized carbons (Fsp3) is 0.440. The maximum Gasteiger partial charge on any atom is 0.336 e. The number of imidazole rings is 1. The summed E-state index contributed by atoms with van der Waals surface area (Å²) >= 11 is 0. The first-order valence-electron chi connectivity index (χ1n) is 11.2. The minimum Gasteiger partial charge on any atom is -0.463 e. The van der Waals surface area contributed by atoms with E-state index in [1.807, 2.05) is 22.9 Å². The summed E-state index contributed by atoms with van der Waals surface area (Å²) in [6, 6.07) is 3.78. The second-order valence-electron chi connectivity index (χ2n) is 9.19. The van der Waals surface area contributed by atoms with Crippen LogP contribution in [-0.4, -0.2) is 32.9 Å². The number of rotatable bonds is 7. The molecule has 32 heavy (non-hydrogen) atoms. The number of nitrogens with zero attached hydrogens (tertiary/aromatic N) is 3. The molecule has 1 unspecified atom stereocenters. The lowest BCUT2D eigenvalue weighted by Gasteiger charge is -2.40. The van der Waals surface area contributed by atoms with Gasteiger partial charge in [-0.3, -0.25) is 9.78 Å². The van der Waals surface area contributed by atoms with Gasteiger partial charge in [-0.1, -0.05) is 19.9 Å². The van der Waals surface area contributed by atoms with Crippen molar-refractivity contribution in [2.75, 3.05) is 6.61 Å². The molecule has 0 bridgehead atoms. The van der Waals surface area contributed by atoms with E-state index in [0.29, 0.717) is 24.0 Å². The van der Waals surface area contributed by atoms with Crippen molar-refractivity contribution in [1.82, 2.24) is 19.9 Å². The number of pyridine rings is 1. The molecule has 2 aromatic heterocycles. The Labute approximate surface area is 188 Å². The third kappa shape index (κ3) is 4.52. The molecule has 0 amide bonds. The summed E-state index contributed by atoms with van der Waals surface area (Å²) in [5.74, 6) is -0.765. The van der Waals surface area contributed by atoms with Crippen LogP contribution in [0.1, 0.15) is 57.9 Å². The largest absolute Gasteiger partial charge is 0.463 e. The summed E-state index contributed by atoms with van der Waals surface area (Å²) < 4.78 is 7.48. The standard InChI is InChI=1S/C25H30N4O3/c1-4-32-24(31)23-18(8-6-11-29-12-10-27-16-29)28-19-13-25(2,3)14-20(30)22(19)21(23)17-7-5-9-26-15-17/h5,7,9-10,12,15-16,21,28H,4,6,8,11,13-14H2,1-3H3. The van der Waals surface area contributed by atoms with Gasteiger partial charge in [-0.2, -0.15) is 0 Å². The van der Waals surface area contributed by atoms with Crippen LogP contribution in [0.4, 0.5) is 0 Å². The normalized spacial score (nSPS) is 20.1. The van der Waals surface area contributed by atoms with Crippen molar-refractivity contribution in [3.63, 3.8) is 0 Å². The number of dihydropyridines is 1. The Kier molecular flexibility index (Phi) is 6.26. The van der Waals surface area contributed by atoms with Crippen molar-refractivity contribution in [3.8, 4) is 0 Å². The van der Waals surface area contributed by atoms with Crippen molar-refractivity contribution in [3.05, 3.63) is 71.4 Å². The fourth-order valence-electron chi connectivity index (χ4n) is 4.73. The SMILES string of the molecule is CCOC(=O)C1=C(CCCn2ccnc2)NC2=C(C(=O)CC(C)(C)C2)C1c1cccnc1. The van der Waals surface area contributed by atoms with Gasteiger partial charge in [-0.25, -0.2) is 9.78 Å². The molecule has 1 aliphatic carbocycles. The summed E-state index contributed by atoms with van der Waals surface area (Å²) in [5, 5.41) is 3.50. The first-order valence-corrected chi connectivity index (χ1v) is 11.2. The Bertz CT molecular complexity index is 1050. The minimum absolute atomic E-state index is 0.0804. The third-order valence-corrected chi connectivity index (χ3v) is 6.04. The van der Waals surface area contributed by atoms with Crippen LogP contribution in [0.3, 0.4) is 0 Å². The van der Waals surface area contributed by atoms with Crippen LogP contribution in [0.25, 0.3) is 0 Å². The molecular formula is C25H30N4O3. The molecular weight excluding hydrogens is 404 g/mol.